The molecule has 2 aromatic carbocycles. The number of rotatable bonds is 7. The Kier molecular flexibility index (Phi) is 6.43. The standard InChI is InChI=1S/C19H15ClF2N4OS/c1-2-9-26-18(12-3-5-13(20)6-4-12)24-25-19(26)28-11-17(27)23-14-7-8-15(21)16(22)10-14/h2-8,10H,1,9,11H2,(H,23,27). The number of carbonyl (C=O) groups excluding carboxylic acids is 1. The van der Waals surface area contributed by atoms with Crippen molar-refractivity contribution in [3.8, 4) is 11.4 Å². The summed E-state index contributed by atoms with van der Waals surface area (Å²) in [7, 11) is 0. The first kappa shape index (κ1) is 20.0. The predicted molar refractivity (Wildman–Crippen MR) is 106 cm³/mol. The highest BCUT2D eigenvalue weighted by atomic mass is 35.5. The minimum atomic E-state index is -1.02. The van der Waals surface area contributed by atoms with Crippen molar-refractivity contribution in [1.29, 1.82) is 0 Å². The molecule has 0 saturated heterocycles. The first-order valence-electron chi connectivity index (χ1n) is 8.15. The number of allylic oxidation sites excluding steroid dienone is 1. The molecule has 0 saturated carbocycles. The second-order valence-corrected chi connectivity index (χ2v) is 7.06. The minimum absolute atomic E-state index is 0.0227. The maximum atomic E-state index is 13.2. The average Bonchev–Trinajstić information content (AvgIpc) is 3.07. The van der Waals surface area contributed by atoms with E-state index in [0.717, 1.165) is 17.7 Å². The molecule has 0 aliphatic carbocycles. The van der Waals surface area contributed by atoms with Crippen LogP contribution in [0.1, 0.15) is 0 Å². The maximum absolute atomic E-state index is 13.2. The molecule has 1 heterocycles. The molecule has 144 valence electrons. The lowest BCUT2D eigenvalue weighted by atomic mass is 10.2. The van der Waals surface area contributed by atoms with Gasteiger partial charge >= 0.3 is 0 Å². The summed E-state index contributed by atoms with van der Waals surface area (Å²) in [5.41, 5.74) is 1.01. The highest BCUT2D eigenvalue weighted by molar-refractivity contribution is 7.99. The van der Waals surface area contributed by atoms with E-state index in [-0.39, 0.29) is 17.3 Å². The summed E-state index contributed by atoms with van der Waals surface area (Å²) in [4.78, 5) is 12.1. The molecular weight excluding hydrogens is 406 g/mol. The number of amides is 1. The van der Waals surface area contributed by atoms with E-state index in [4.69, 9.17) is 11.6 Å². The maximum Gasteiger partial charge on any atom is 0.234 e. The third-order valence-electron chi connectivity index (χ3n) is 3.67. The van der Waals surface area contributed by atoms with Crippen molar-refractivity contribution < 1.29 is 13.6 Å². The summed E-state index contributed by atoms with van der Waals surface area (Å²) in [5, 5.41) is 12.0. The molecule has 0 fully saturated rings. The zero-order valence-electron chi connectivity index (χ0n) is 14.5. The van der Waals surface area contributed by atoms with Crippen LogP contribution in [-0.2, 0) is 11.3 Å². The number of thioether (sulfide) groups is 1. The Hall–Kier alpha value is -2.71. The third kappa shape index (κ3) is 4.76. The molecule has 5 nitrogen and oxygen atoms in total. The number of nitrogens with one attached hydrogen (secondary N) is 1. The number of halogens is 3. The van der Waals surface area contributed by atoms with Crippen molar-refractivity contribution >= 4 is 35.0 Å². The first-order chi connectivity index (χ1) is 13.5. The molecular formula is C19H15ClF2N4OS. The van der Waals surface area contributed by atoms with Crippen LogP contribution in [-0.4, -0.2) is 26.4 Å². The number of hydrogen-bond donors (Lipinski definition) is 1. The van der Waals surface area contributed by atoms with Crippen LogP contribution in [0.2, 0.25) is 5.02 Å². The quantitative estimate of drug-likeness (QED) is 0.441. The molecule has 0 unspecified atom stereocenters. The number of anilines is 1. The Morgan fingerprint density at radius 3 is 2.61 bits per heavy atom. The fourth-order valence-corrected chi connectivity index (χ4v) is 3.28. The van der Waals surface area contributed by atoms with E-state index in [1.54, 1.807) is 18.2 Å². The lowest BCUT2D eigenvalue weighted by molar-refractivity contribution is -0.113. The molecule has 1 N–H and O–H groups in total. The van der Waals surface area contributed by atoms with Crippen LogP contribution in [0.25, 0.3) is 11.4 Å². The van der Waals surface area contributed by atoms with Gasteiger partial charge in [0.1, 0.15) is 0 Å². The molecule has 0 spiro atoms. The van der Waals surface area contributed by atoms with E-state index in [1.165, 1.54) is 17.8 Å². The summed E-state index contributed by atoms with van der Waals surface area (Å²) < 4.78 is 28.0. The van der Waals surface area contributed by atoms with E-state index in [0.29, 0.717) is 22.5 Å². The van der Waals surface area contributed by atoms with E-state index in [9.17, 15) is 13.6 Å². The molecule has 0 atom stereocenters. The molecule has 28 heavy (non-hydrogen) atoms. The molecule has 1 amide bonds. The lowest BCUT2D eigenvalue weighted by Crippen LogP contribution is -2.15. The molecule has 3 aromatic rings. The Labute approximate surface area is 169 Å². The summed E-state index contributed by atoms with van der Waals surface area (Å²) in [6.07, 6.45) is 1.70. The highest BCUT2D eigenvalue weighted by Gasteiger charge is 2.15. The van der Waals surface area contributed by atoms with E-state index >= 15 is 0 Å². The van der Waals surface area contributed by atoms with Gasteiger partial charge in [-0.25, -0.2) is 8.78 Å². The van der Waals surface area contributed by atoms with Gasteiger partial charge < -0.3 is 5.32 Å². The van der Waals surface area contributed by atoms with Crippen LogP contribution in [0.3, 0.4) is 0 Å². The topological polar surface area (TPSA) is 59.8 Å². The second-order valence-electron chi connectivity index (χ2n) is 5.68. The minimum Gasteiger partial charge on any atom is -0.325 e. The number of carbonyl (C=O) groups is 1. The molecule has 0 aliphatic heterocycles. The van der Waals surface area contributed by atoms with Crippen LogP contribution >= 0.6 is 23.4 Å². The van der Waals surface area contributed by atoms with Gasteiger partial charge in [-0.15, -0.1) is 16.8 Å². The van der Waals surface area contributed by atoms with Gasteiger partial charge in [0.25, 0.3) is 0 Å². The van der Waals surface area contributed by atoms with Gasteiger partial charge in [0.05, 0.1) is 5.75 Å². The van der Waals surface area contributed by atoms with Crippen molar-refractivity contribution in [3.63, 3.8) is 0 Å². The van der Waals surface area contributed by atoms with Crippen LogP contribution < -0.4 is 5.32 Å². The number of aromatic nitrogens is 3. The van der Waals surface area contributed by atoms with Crippen LogP contribution in [0.5, 0.6) is 0 Å². The molecule has 0 radical (unpaired) electrons. The predicted octanol–water partition coefficient (Wildman–Crippen LogP) is 4.79. The molecule has 3 rings (SSSR count). The van der Waals surface area contributed by atoms with Crippen molar-refractivity contribution in [3.05, 3.63) is 71.8 Å². The Bertz CT molecular complexity index is 1010. The molecule has 1 aromatic heterocycles. The van der Waals surface area contributed by atoms with E-state index in [2.05, 4.69) is 22.1 Å². The Morgan fingerprint density at radius 2 is 1.93 bits per heavy atom. The zero-order valence-corrected chi connectivity index (χ0v) is 16.1. The van der Waals surface area contributed by atoms with Crippen molar-refractivity contribution in [2.45, 2.75) is 11.7 Å². The Morgan fingerprint density at radius 1 is 1.18 bits per heavy atom. The Balaban J connectivity index is 1.71. The van der Waals surface area contributed by atoms with Gasteiger partial charge in [-0.3, -0.25) is 9.36 Å². The van der Waals surface area contributed by atoms with Gasteiger partial charge in [0.15, 0.2) is 22.6 Å². The van der Waals surface area contributed by atoms with Crippen LogP contribution in [0.15, 0.2) is 60.3 Å². The van der Waals surface area contributed by atoms with Crippen LogP contribution in [0, 0.1) is 11.6 Å². The number of nitrogens with zero attached hydrogens (tertiary/aromatic N) is 3. The van der Waals surface area contributed by atoms with Gasteiger partial charge in [-0.2, -0.15) is 0 Å². The molecule has 9 heteroatoms. The van der Waals surface area contributed by atoms with Crippen molar-refractivity contribution in [1.82, 2.24) is 14.8 Å². The fourth-order valence-electron chi connectivity index (χ4n) is 2.40. The third-order valence-corrected chi connectivity index (χ3v) is 4.89. The number of benzene rings is 2. The van der Waals surface area contributed by atoms with Crippen molar-refractivity contribution in [2.75, 3.05) is 11.1 Å². The fraction of sp³-hybridized carbons (Fsp3) is 0.105. The highest BCUT2D eigenvalue weighted by Crippen LogP contribution is 2.25. The molecule has 0 aliphatic rings. The van der Waals surface area contributed by atoms with Gasteiger partial charge in [-0.05, 0) is 36.4 Å². The zero-order chi connectivity index (χ0) is 20.1. The largest absolute Gasteiger partial charge is 0.325 e. The first-order valence-corrected chi connectivity index (χ1v) is 9.52. The average molecular weight is 421 g/mol. The van der Waals surface area contributed by atoms with Crippen LogP contribution in [0.4, 0.5) is 14.5 Å². The van der Waals surface area contributed by atoms with Gasteiger partial charge in [0.2, 0.25) is 5.91 Å². The summed E-state index contributed by atoms with van der Waals surface area (Å²) in [5.74, 6) is -1.73. The summed E-state index contributed by atoms with van der Waals surface area (Å²) in [6.45, 7) is 4.20. The smallest absolute Gasteiger partial charge is 0.234 e. The van der Waals surface area contributed by atoms with Crippen molar-refractivity contribution in [2.24, 2.45) is 0 Å². The monoisotopic (exact) mass is 420 g/mol. The lowest BCUT2D eigenvalue weighted by Gasteiger charge is -2.08. The van der Waals surface area contributed by atoms with E-state index in [1.807, 2.05) is 16.7 Å². The number of hydrogen-bond acceptors (Lipinski definition) is 4. The van der Waals surface area contributed by atoms with E-state index < -0.39 is 11.6 Å². The second kappa shape index (κ2) is 8.99. The summed E-state index contributed by atoms with van der Waals surface area (Å²) >= 11 is 7.10. The van der Waals surface area contributed by atoms with Gasteiger partial charge in [0, 0.05) is 28.9 Å². The summed E-state index contributed by atoms with van der Waals surface area (Å²) in [6, 6.07) is 10.3. The normalized spacial score (nSPS) is 10.7. The SMILES string of the molecule is C=CCn1c(SCC(=O)Nc2ccc(F)c(F)c2)nnc1-c1ccc(Cl)cc1. The van der Waals surface area contributed by atoms with Gasteiger partial charge in [-0.1, -0.05) is 29.4 Å². The molecule has 0 bridgehead atoms.